The Morgan fingerprint density at radius 1 is 0.906 bits per heavy atom. The van der Waals surface area contributed by atoms with Crippen LogP contribution in [0.1, 0.15) is 30.8 Å². The van der Waals surface area contributed by atoms with E-state index in [0.29, 0.717) is 50.2 Å². The summed E-state index contributed by atoms with van der Waals surface area (Å²) in [6.45, 7) is 6.63. The lowest BCUT2D eigenvalue weighted by Gasteiger charge is -2.07. The first kappa shape index (κ1) is 22.7. The van der Waals surface area contributed by atoms with Gasteiger partial charge in [-0.1, -0.05) is 17.3 Å². The third-order valence-electron chi connectivity index (χ3n) is 4.84. The molecule has 32 heavy (non-hydrogen) atoms. The average molecular weight is 436 g/mol. The van der Waals surface area contributed by atoms with Crippen LogP contribution in [-0.2, 0) is 4.79 Å². The summed E-state index contributed by atoms with van der Waals surface area (Å²) in [6.07, 6.45) is 0. The van der Waals surface area contributed by atoms with Crippen LogP contribution in [0.4, 0.5) is 14.5 Å². The summed E-state index contributed by atoms with van der Waals surface area (Å²) in [6, 6.07) is 12.7. The first-order valence-electron chi connectivity index (χ1n) is 9.79. The molecule has 8 heteroatoms. The van der Waals surface area contributed by atoms with Gasteiger partial charge in [0.05, 0.1) is 28.1 Å². The molecule has 1 amide bonds. The highest BCUT2D eigenvalue weighted by Gasteiger charge is 2.09. The summed E-state index contributed by atoms with van der Waals surface area (Å²) in [7, 11) is 0. The number of benzene rings is 2. The molecule has 0 saturated heterocycles. The molecule has 2 N–H and O–H groups in total. The van der Waals surface area contributed by atoms with Gasteiger partial charge in [0.25, 0.3) is 0 Å². The second-order valence-corrected chi connectivity index (χ2v) is 7.22. The minimum absolute atomic E-state index is 0.194. The minimum atomic E-state index is -0.336. The number of carbonyl (C=O) groups is 1. The zero-order chi connectivity index (χ0) is 23.4. The maximum absolute atomic E-state index is 13.5. The van der Waals surface area contributed by atoms with E-state index in [2.05, 4.69) is 20.4 Å². The van der Waals surface area contributed by atoms with Gasteiger partial charge in [0, 0.05) is 29.0 Å². The number of carbonyl (C=O) groups excluding carboxylic acids is 1. The molecule has 4 rings (SSSR count). The first-order valence-corrected chi connectivity index (χ1v) is 9.79. The van der Waals surface area contributed by atoms with Crippen molar-refractivity contribution in [2.45, 2.75) is 27.7 Å². The molecule has 2 aromatic heterocycles. The van der Waals surface area contributed by atoms with Crippen LogP contribution in [0.5, 0.6) is 0 Å². The monoisotopic (exact) mass is 436 g/mol. The number of rotatable bonds is 2. The Morgan fingerprint density at radius 3 is 1.97 bits per heavy atom. The Kier molecular flexibility index (Phi) is 6.73. The van der Waals surface area contributed by atoms with Crippen molar-refractivity contribution in [3.05, 3.63) is 77.1 Å². The summed E-state index contributed by atoms with van der Waals surface area (Å²) in [5.74, 6) is -0.853. The van der Waals surface area contributed by atoms with E-state index < -0.39 is 0 Å². The zero-order valence-corrected chi connectivity index (χ0v) is 18.1. The van der Waals surface area contributed by atoms with Crippen molar-refractivity contribution in [2.24, 2.45) is 5.16 Å². The van der Waals surface area contributed by atoms with Crippen molar-refractivity contribution in [1.82, 2.24) is 9.97 Å². The SMILES string of the molecule is C/C(=N\O)c1cc2c(F)cccc2nc1C.CC(=O)Nc1cc2c(F)cccc2nc1C. The molecule has 0 unspecified atom stereocenters. The van der Waals surface area contributed by atoms with Crippen LogP contribution in [0.2, 0.25) is 0 Å². The highest BCUT2D eigenvalue weighted by Crippen LogP contribution is 2.23. The van der Waals surface area contributed by atoms with Gasteiger partial charge >= 0.3 is 0 Å². The molecule has 0 atom stereocenters. The Bertz CT molecular complexity index is 1350. The van der Waals surface area contributed by atoms with E-state index in [-0.39, 0.29) is 17.5 Å². The second-order valence-electron chi connectivity index (χ2n) is 7.22. The number of fused-ring (bicyclic) bond motifs is 2. The van der Waals surface area contributed by atoms with Gasteiger partial charge < -0.3 is 10.5 Å². The molecule has 2 aromatic carbocycles. The number of halogens is 2. The van der Waals surface area contributed by atoms with Crippen LogP contribution in [0.15, 0.2) is 53.7 Å². The number of nitrogens with zero attached hydrogens (tertiary/aromatic N) is 3. The molecule has 4 aromatic rings. The average Bonchev–Trinajstić information content (AvgIpc) is 2.74. The maximum atomic E-state index is 13.5. The van der Waals surface area contributed by atoms with Gasteiger partial charge in [0.15, 0.2) is 0 Å². The molecule has 0 radical (unpaired) electrons. The molecule has 164 valence electrons. The number of anilines is 1. The highest BCUT2D eigenvalue weighted by atomic mass is 19.1. The quantitative estimate of drug-likeness (QED) is 0.246. The van der Waals surface area contributed by atoms with Crippen molar-refractivity contribution in [1.29, 1.82) is 0 Å². The van der Waals surface area contributed by atoms with Crippen molar-refractivity contribution in [2.75, 3.05) is 5.32 Å². The van der Waals surface area contributed by atoms with E-state index >= 15 is 0 Å². The molecule has 6 nitrogen and oxygen atoms in total. The second kappa shape index (κ2) is 9.47. The zero-order valence-electron chi connectivity index (χ0n) is 18.1. The van der Waals surface area contributed by atoms with Gasteiger partial charge in [-0.2, -0.15) is 0 Å². The third-order valence-corrected chi connectivity index (χ3v) is 4.84. The molecule has 2 heterocycles. The van der Waals surface area contributed by atoms with Crippen molar-refractivity contribution in [3.63, 3.8) is 0 Å². The Hall–Kier alpha value is -3.94. The van der Waals surface area contributed by atoms with Crippen LogP contribution >= 0.6 is 0 Å². The molecule has 0 aliphatic rings. The molecular weight excluding hydrogens is 414 g/mol. The molecule has 0 spiro atoms. The number of oxime groups is 1. The van der Waals surface area contributed by atoms with Crippen LogP contribution < -0.4 is 5.32 Å². The van der Waals surface area contributed by atoms with Gasteiger partial charge in [-0.15, -0.1) is 0 Å². The third kappa shape index (κ3) is 4.85. The van der Waals surface area contributed by atoms with Gasteiger partial charge in [0.1, 0.15) is 11.6 Å². The number of nitrogens with one attached hydrogen (secondary N) is 1. The summed E-state index contributed by atoms with van der Waals surface area (Å²) in [5, 5.41) is 15.3. The predicted octanol–water partition coefficient (Wildman–Crippen LogP) is 5.52. The number of aromatic nitrogens is 2. The molecule has 0 aliphatic carbocycles. The van der Waals surface area contributed by atoms with Crippen LogP contribution in [0.25, 0.3) is 21.8 Å². The van der Waals surface area contributed by atoms with E-state index in [0.717, 1.165) is 0 Å². The lowest BCUT2D eigenvalue weighted by Crippen LogP contribution is -2.08. The summed E-state index contributed by atoms with van der Waals surface area (Å²) in [5.41, 5.74) is 4.21. The van der Waals surface area contributed by atoms with Crippen LogP contribution in [-0.4, -0.2) is 26.8 Å². The normalized spacial score (nSPS) is 11.2. The van der Waals surface area contributed by atoms with E-state index in [9.17, 15) is 13.6 Å². The fourth-order valence-electron chi connectivity index (χ4n) is 3.25. The topological polar surface area (TPSA) is 87.5 Å². The predicted molar refractivity (Wildman–Crippen MR) is 121 cm³/mol. The van der Waals surface area contributed by atoms with Gasteiger partial charge in [-0.25, -0.2) is 8.78 Å². The molecule has 0 saturated carbocycles. The van der Waals surface area contributed by atoms with Gasteiger partial charge in [0.2, 0.25) is 5.91 Å². The molecule has 0 bridgehead atoms. The number of hydrogen-bond acceptors (Lipinski definition) is 5. The molecular formula is C24H22F2N4O2. The van der Waals surface area contributed by atoms with E-state index in [1.807, 2.05) is 0 Å². The van der Waals surface area contributed by atoms with Crippen molar-refractivity contribution in [3.8, 4) is 0 Å². The lowest BCUT2D eigenvalue weighted by molar-refractivity contribution is -0.114. The van der Waals surface area contributed by atoms with Gasteiger partial charge in [-0.05, 0) is 57.2 Å². The Balaban J connectivity index is 0.000000181. The summed E-state index contributed by atoms with van der Waals surface area (Å²) < 4.78 is 27.0. The fraction of sp³-hybridized carbons (Fsp3) is 0.167. The number of pyridine rings is 2. The fourth-order valence-corrected chi connectivity index (χ4v) is 3.25. The van der Waals surface area contributed by atoms with Crippen LogP contribution in [0, 0.1) is 25.5 Å². The number of aryl methyl sites for hydroxylation is 2. The number of amides is 1. The van der Waals surface area contributed by atoms with Crippen molar-refractivity contribution < 1.29 is 18.8 Å². The van der Waals surface area contributed by atoms with E-state index in [4.69, 9.17) is 5.21 Å². The number of hydrogen-bond donors (Lipinski definition) is 2. The molecule has 0 fully saturated rings. The van der Waals surface area contributed by atoms with Crippen molar-refractivity contribution >= 4 is 39.1 Å². The standard InChI is InChI=1S/2C12H11FN2O/c1-7-12(15-8(2)16)6-9-10(13)4-3-5-11(9)14-7;1-7-9(8(2)15-16)6-10-11(13)4-3-5-12(10)14-7/h3-6H,1-2H3,(H,15,16);3-6,16H,1-2H3/b;15-8+. The van der Waals surface area contributed by atoms with Gasteiger partial charge in [-0.3, -0.25) is 14.8 Å². The minimum Gasteiger partial charge on any atom is -0.411 e. The Morgan fingerprint density at radius 2 is 1.44 bits per heavy atom. The summed E-state index contributed by atoms with van der Waals surface area (Å²) >= 11 is 0. The van der Waals surface area contributed by atoms with Crippen LogP contribution in [0.3, 0.4) is 0 Å². The largest absolute Gasteiger partial charge is 0.411 e. The summed E-state index contributed by atoms with van der Waals surface area (Å²) in [4.78, 5) is 19.5. The smallest absolute Gasteiger partial charge is 0.221 e. The molecule has 0 aliphatic heterocycles. The van der Waals surface area contributed by atoms with E-state index in [1.54, 1.807) is 57.2 Å². The van der Waals surface area contributed by atoms with E-state index in [1.165, 1.54) is 19.1 Å². The maximum Gasteiger partial charge on any atom is 0.221 e. The highest BCUT2D eigenvalue weighted by molar-refractivity contribution is 6.02. The lowest BCUT2D eigenvalue weighted by atomic mass is 10.1. The first-order chi connectivity index (χ1) is 15.2. The Labute approximate surface area is 183 Å².